The van der Waals surface area contributed by atoms with Crippen LogP contribution in [0.2, 0.25) is 0 Å². The minimum Gasteiger partial charge on any atom is -0.456 e. The zero-order valence-corrected chi connectivity index (χ0v) is 32.5. The molecule has 0 fully saturated rings. The molecular weight excluding hydrogens is 733 g/mol. The molecule has 0 spiro atoms. The lowest BCUT2D eigenvalue weighted by Crippen LogP contribution is -2.12. The molecule has 0 aliphatic rings. The Kier molecular flexibility index (Phi) is 7.82. The fraction of sp³-hybridized carbons (Fsp3) is 0. The van der Waals surface area contributed by atoms with Gasteiger partial charge in [-0.2, -0.15) is 0 Å². The molecule has 0 N–H and O–H groups in total. The molecule has 0 bridgehead atoms. The smallest absolute Gasteiger partial charge is 0.137 e. The van der Waals surface area contributed by atoms with E-state index in [0.717, 1.165) is 89.1 Å². The van der Waals surface area contributed by atoms with Crippen LogP contribution in [0.4, 0.5) is 34.1 Å². The average Bonchev–Trinajstić information content (AvgIpc) is 3.89. The van der Waals surface area contributed by atoms with Crippen LogP contribution in [0.15, 0.2) is 227 Å². The lowest BCUT2D eigenvalue weighted by atomic mass is 9.99. The van der Waals surface area contributed by atoms with Crippen molar-refractivity contribution in [1.82, 2.24) is 0 Å². The molecule has 0 saturated heterocycles. The van der Waals surface area contributed by atoms with Gasteiger partial charge in [-0.05, 0) is 106 Å². The second-order valence-corrected chi connectivity index (χ2v) is 15.3. The maximum Gasteiger partial charge on any atom is 0.137 e. The van der Waals surface area contributed by atoms with Crippen molar-refractivity contribution in [1.29, 1.82) is 0 Å². The Morgan fingerprint density at radius 2 is 0.733 bits per heavy atom. The highest BCUT2D eigenvalue weighted by atomic mass is 16.3. The number of fused-ring (bicyclic) bond motifs is 8. The van der Waals surface area contributed by atoms with Crippen molar-refractivity contribution in [2.24, 2.45) is 0 Å². The fourth-order valence-corrected chi connectivity index (χ4v) is 9.08. The molecule has 4 heteroatoms. The van der Waals surface area contributed by atoms with Gasteiger partial charge in [0.25, 0.3) is 0 Å². The van der Waals surface area contributed by atoms with Gasteiger partial charge in [-0.15, -0.1) is 0 Å². The van der Waals surface area contributed by atoms with Crippen molar-refractivity contribution in [3.63, 3.8) is 0 Å². The first kappa shape index (κ1) is 34.0. The summed E-state index contributed by atoms with van der Waals surface area (Å²) in [5.74, 6) is 0. The molecule has 0 aliphatic heterocycles. The van der Waals surface area contributed by atoms with Gasteiger partial charge in [0.15, 0.2) is 0 Å². The summed E-state index contributed by atoms with van der Waals surface area (Å²) < 4.78 is 12.9. The first-order chi connectivity index (χ1) is 29.7. The van der Waals surface area contributed by atoms with E-state index >= 15 is 0 Å². The second kappa shape index (κ2) is 13.8. The summed E-state index contributed by atoms with van der Waals surface area (Å²) in [5, 5.41) is 9.08. The summed E-state index contributed by atoms with van der Waals surface area (Å²) in [6.07, 6.45) is 0. The number of furan rings is 2. The van der Waals surface area contributed by atoms with E-state index in [1.54, 1.807) is 0 Å². The third-order valence-electron chi connectivity index (χ3n) is 11.8. The van der Waals surface area contributed by atoms with E-state index in [-0.39, 0.29) is 0 Å². The van der Waals surface area contributed by atoms with E-state index < -0.39 is 0 Å². The van der Waals surface area contributed by atoms with Gasteiger partial charge < -0.3 is 18.6 Å². The molecule has 12 rings (SSSR count). The highest BCUT2D eigenvalue weighted by Crippen LogP contribution is 2.48. The molecule has 60 heavy (non-hydrogen) atoms. The Morgan fingerprint density at radius 1 is 0.283 bits per heavy atom. The van der Waals surface area contributed by atoms with Crippen molar-refractivity contribution in [2.45, 2.75) is 0 Å². The average molecular weight is 769 g/mol. The van der Waals surface area contributed by atoms with E-state index in [9.17, 15) is 0 Å². The minimum atomic E-state index is 0.853. The molecule has 12 aromatic rings. The van der Waals surface area contributed by atoms with Gasteiger partial charge in [0, 0.05) is 33.4 Å². The van der Waals surface area contributed by atoms with Crippen LogP contribution in [0.5, 0.6) is 0 Å². The van der Waals surface area contributed by atoms with Gasteiger partial charge >= 0.3 is 0 Å². The number of hydrogen-bond acceptors (Lipinski definition) is 4. The number of anilines is 6. The van der Waals surface area contributed by atoms with E-state index in [1.165, 1.54) is 21.5 Å². The molecule has 2 aromatic heterocycles. The zero-order valence-electron chi connectivity index (χ0n) is 32.5. The van der Waals surface area contributed by atoms with E-state index in [0.29, 0.717) is 0 Å². The van der Waals surface area contributed by atoms with Crippen molar-refractivity contribution in [2.75, 3.05) is 9.80 Å². The molecule has 0 aliphatic carbocycles. The van der Waals surface area contributed by atoms with Crippen molar-refractivity contribution < 1.29 is 8.83 Å². The monoisotopic (exact) mass is 768 g/mol. The third-order valence-corrected chi connectivity index (χ3v) is 11.8. The second-order valence-electron chi connectivity index (χ2n) is 15.3. The van der Waals surface area contributed by atoms with Crippen LogP contribution in [-0.2, 0) is 0 Å². The maximum atomic E-state index is 6.47. The summed E-state index contributed by atoms with van der Waals surface area (Å²) in [6.45, 7) is 0. The van der Waals surface area contributed by atoms with Gasteiger partial charge in [-0.3, -0.25) is 0 Å². The van der Waals surface area contributed by atoms with Crippen LogP contribution in [0.1, 0.15) is 0 Å². The summed E-state index contributed by atoms with van der Waals surface area (Å²) in [5.41, 5.74) is 12.0. The Balaban J connectivity index is 1.09. The van der Waals surface area contributed by atoms with Gasteiger partial charge in [0.2, 0.25) is 0 Å². The van der Waals surface area contributed by atoms with Crippen molar-refractivity contribution in [3.05, 3.63) is 218 Å². The predicted molar refractivity (Wildman–Crippen MR) is 251 cm³/mol. The van der Waals surface area contributed by atoms with E-state index in [2.05, 4.69) is 204 Å². The highest BCUT2D eigenvalue weighted by Gasteiger charge is 2.24. The Hall–Kier alpha value is -8.08. The lowest BCUT2D eigenvalue weighted by molar-refractivity contribution is 0.668. The van der Waals surface area contributed by atoms with Gasteiger partial charge in [0.1, 0.15) is 22.3 Å². The predicted octanol–water partition coefficient (Wildman–Crippen LogP) is 16.4. The molecule has 282 valence electrons. The third kappa shape index (κ3) is 5.53. The molecule has 4 nitrogen and oxygen atoms in total. The van der Waals surface area contributed by atoms with E-state index in [4.69, 9.17) is 8.83 Å². The van der Waals surface area contributed by atoms with Gasteiger partial charge in [-0.25, -0.2) is 0 Å². The zero-order chi connectivity index (χ0) is 39.6. The number of rotatable bonds is 7. The minimum absolute atomic E-state index is 0.853. The highest BCUT2D eigenvalue weighted by molar-refractivity contribution is 6.15. The normalized spacial score (nSPS) is 11.7. The van der Waals surface area contributed by atoms with E-state index in [1.807, 2.05) is 24.3 Å². The summed E-state index contributed by atoms with van der Waals surface area (Å²) in [4.78, 5) is 4.78. The Morgan fingerprint density at radius 3 is 1.37 bits per heavy atom. The number of para-hydroxylation sites is 3. The standard InChI is InChI=1S/C56H36N2O2/c1-3-16-39-34-43(32-30-37(39)14-1)57(49-24-12-28-53-55(49)46-21-6-9-26-51(46)59-53)42-19-11-18-41(36-42)45-20-5-8-23-48(45)58(44-33-31-38-15-2-4-17-40(38)35-44)50-25-13-29-54-56(50)47-22-7-10-27-52(47)60-54/h1-36H. The molecule has 2 heterocycles. The summed E-state index contributed by atoms with van der Waals surface area (Å²) in [7, 11) is 0. The first-order valence-corrected chi connectivity index (χ1v) is 20.3. The lowest BCUT2D eigenvalue weighted by Gasteiger charge is -2.30. The van der Waals surface area contributed by atoms with Crippen LogP contribution in [0.3, 0.4) is 0 Å². The number of benzene rings is 10. The van der Waals surface area contributed by atoms with Crippen LogP contribution < -0.4 is 9.80 Å². The molecule has 0 saturated carbocycles. The quantitative estimate of drug-likeness (QED) is 0.162. The van der Waals surface area contributed by atoms with Crippen LogP contribution in [0, 0.1) is 0 Å². The van der Waals surface area contributed by atoms with Gasteiger partial charge in [0.05, 0.1) is 27.8 Å². The molecule has 0 atom stereocenters. The summed E-state index contributed by atoms with van der Waals surface area (Å²) in [6, 6.07) is 77.6. The number of nitrogens with zero attached hydrogens (tertiary/aromatic N) is 2. The SMILES string of the molecule is c1cc(-c2ccccc2N(c2ccc3ccccc3c2)c2cccc3oc4ccccc4c23)cc(N(c2ccc3ccccc3c2)c2cccc3oc4ccccc4c23)c1. The molecular formula is C56H36N2O2. The summed E-state index contributed by atoms with van der Waals surface area (Å²) >= 11 is 0. The van der Waals surface area contributed by atoms with Crippen LogP contribution in [-0.4, -0.2) is 0 Å². The van der Waals surface area contributed by atoms with Gasteiger partial charge in [-0.1, -0.05) is 140 Å². The molecule has 10 aromatic carbocycles. The maximum absolute atomic E-state index is 6.47. The Bertz CT molecular complexity index is 3600. The van der Waals surface area contributed by atoms with Crippen LogP contribution in [0.25, 0.3) is 76.5 Å². The number of hydrogen-bond donors (Lipinski definition) is 0. The first-order valence-electron chi connectivity index (χ1n) is 20.3. The Labute approximate surface area is 346 Å². The van der Waals surface area contributed by atoms with Crippen LogP contribution >= 0.6 is 0 Å². The molecule has 0 radical (unpaired) electrons. The molecule has 0 amide bonds. The molecule has 0 unspecified atom stereocenters. The van der Waals surface area contributed by atoms with Crippen molar-refractivity contribution >= 4 is 99.5 Å². The van der Waals surface area contributed by atoms with Crippen molar-refractivity contribution in [3.8, 4) is 11.1 Å². The topological polar surface area (TPSA) is 32.8 Å². The fourth-order valence-electron chi connectivity index (χ4n) is 9.08. The largest absolute Gasteiger partial charge is 0.456 e.